The minimum absolute atomic E-state index is 0.0499. The van der Waals surface area contributed by atoms with Gasteiger partial charge in [0.15, 0.2) is 0 Å². The largest absolute Gasteiger partial charge is 0.394 e. The van der Waals surface area contributed by atoms with Gasteiger partial charge in [-0.25, -0.2) is 0 Å². The Balaban J connectivity index is 3.65. The Morgan fingerprint density at radius 2 is 1.27 bits per heavy atom. The van der Waals surface area contributed by atoms with Crippen LogP contribution < -0.4 is 5.32 Å². The van der Waals surface area contributed by atoms with E-state index in [9.17, 15) is 15.0 Å². The Labute approximate surface area is 186 Å². The zero-order valence-electron chi connectivity index (χ0n) is 20.0. The van der Waals surface area contributed by atoms with Gasteiger partial charge in [-0.1, -0.05) is 96.6 Å². The van der Waals surface area contributed by atoms with Crippen molar-refractivity contribution in [2.45, 2.75) is 142 Å². The Morgan fingerprint density at radius 1 is 0.767 bits per heavy atom. The highest BCUT2D eigenvalue weighted by atomic mass is 16.3. The number of carbonyl (C=O) groups excluding carboxylic acids is 1. The number of rotatable bonds is 22. The summed E-state index contributed by atoms with van der Waals surface area (Å²) in [5.74, 6) is -0.0499. The second kappa shape index (κ2) is 22.8. The monoisotopic (exact) mass is 425 g/mol. The third kappa shape index (κ3) is 19.1. The van der Waals surface area contributed by atoms with Crippen molar-refractivity contribution in [1.29, 1.82) is 0 Å². The van der Waals surface area contributed by atoms with Crippen LogP contribution in [0.15, 0.2) is 12.2 Å². The number of allylic oxidation sites excluding steroid dienone is 2. The smallest absolute Gasteiger partial charge is 0.220 e. The number of aliphatic hydroxyl groups excluding tert-OH is 2. The fourth-order valence-electron chi connectivity index (χ4n) is 3.70. The number of amides is 1. The summed E-state index contributed by atoms with van der Waals surface area (Å²) in [7, 11) is 0. The molecule has 0 radical (unpaired) electrons. The maximum absolute atomic E-state index is 12.1. The number of aliphatic hydroxyl groups is 2. The van der Waals surface area contributed by atoms with Crippen molar-refractivity contribution < 1.29 is 15.0 Å². The number of unbranched alkanes of at least 4 members (excludes halogenated alkanes) is 13. The van der Waals surface area contributed by atoms with Crippen molar-refractivity contribution in [3.05, 3.63) is 12.2 Å². The van der Waals surface area contributed by atoms with Crippen LogP contribution in [0.3, 0.4) is 0 Å². The molecule has 0 heterocycles. The first-order valence-electron chi connectivity index (χ1n) is 12.9. The SMILES string of the molecule is CCCCC/C=C\CCCCCCCC(=O)NC(CO)C(O)CCCCCCCC. The van der Waals surface area contributed by atoms with Crippen LogP contribution in [0.5, 0.6) is 0 Å². The molecule has 1 amide bonds. The van der Waals surface area contributed by atoms with Crippen molar-refractivity contribution in [2.24, 2.45) is 0 Å². The maximum atomic E-state index is 12.1. The molecule has 0 aromatic rings. The van der Waals surface area contributed by atoms with Gasteiger partial charge in [-0.15, -0.1) is 0 Å². The summed E-state index contributed by atoms with van der Waals surface area (Å²) in [5, 5.41) is 22.6. The predicted octanol–water partition coefficient (Wildman–Crippen LogP) is 6.44. The molecule has 0 fully saturated rings. The standard InChI is InChI=1S/C26H51NO3/c1-3-5-7-9-11-12-13-14-15-16-18-20-22-26(30)27-24(23-28)25(29)21-19-17-10-8-6-4-2/h11-12,24-25,28-29H,3-10,13-23H2,1-2H3,(H,27,30)/b12-11-. The van der Waals surface area contributed by atoms with Gasteiger partial charge in [0, 0.05) is 6.42 Å². The summed E-state index contributed by atoms with van der Waals surface area (Å²) in [6.07, 6.45) is 24.0. The molecule has 178 valence electrons. The molecule has 0 aliphatic heterocycles. The van der Waals surface area contributed by atoms with Crippen LogP contribution in [0.1, 0.15) is 129 Å². The lowest BCUT2D eigenvalue weighted by Gasteiger charge is -2.22. The molecule has 0 aliphatic carbocycles. The summed E-state index contributed by atoms with van der Waals surface area (Å²) in [5.41, 5.74) is 0. The van der Waals surface area contributed by atoms with Gasteiger partial charge in [-0.3, -0.25) is 4.79 Å². The number of hydrogen-bond donors (Lipinski definition) is 3. The average Bonchev–Trinajstić information content (AvgIpc) is 2.75. The van der Waals surface area contributed by atoms with E-state index in [0.717, 1.165) is 25.7 Å². The van der Waals surface area contributed by atoms with E-state index in [0.29, 0.717) is 12.8 Å². The zero-order valence-corrected chi connectivity index (χ0v) is 20.0. The van der Waals surface area contributed by atoms with Crippen LogP contribution in [-0.4, -0.2) is 34.9 Å². The van der Waals surface area contributed by atoms with E-state index in [2.05, 4.69) is 31.3 Å². The van der Waals surface area contributed by atoms with Crippen LogP contribution in [0.2, 0.25) is 0 Å². The van der Waals surface area contributed by atoms with Gasteiger partial charge in [-0.2, -0.15) is 0 Å². The first-order valence-corrected chi connectivity index (χ1v) is 12.9. The summed E-state index contributed by atoms with van der Waals surface area (Å²) in [6, 6.07) is -0.530. The van der Waals surface area contributed by atoms with Gasteiger partial charge in [-0.05, 0) is 38.5 Å². The third-order valence-corrected chi connectivity index (χ3v) is 5.78. The molecule has 0 spiro atoms. The molecule has 0 aromatic carbocycles. The van der Waals surface area contributed by atoms with Gasteiger partial charge in [0.2, 0.25) is 5.91 Å². The normalized spacial score (nSPS) is 13.6. The van der Waals surface area contributed by atoms with Crippen LogP contribution >= 0.6 is 0 Å². The molecular formula is C26H51NO3. The third-order valence-electron chi connectivity index (χ3n) is 5.78. The van der Waals surface area contributed by atoms with Gasteiger partial charge >= 0.3 is 0 Å². The lowest BCUT2D eigenvalue weighted by molar-refractivity contribution is -0.123. The maximum Gasteiger partial charge on any atom is 0.220 e. The Kier molecular flexibility index (Phi) is 22.1. The van der Waals surface area contributed by atoms with Crippen molar-refractivity contribution >= 4 is 5.91 Å². The first kappa shape index (κ1) is 29.1. The van der Waals surface area contributed by atoms with E-state index in [4.69, 9.17) is 0 Å². The minimum Gasteiger partial charge on any atom is -0.394 e. The molecule has 3 N–H and O–H groups in total. The zero-order chi connectivity index (χ0) is 22.3. The van der Waals surface area contributed by atoms with Crippen molar-refractivity contribution in [3.63, 3.8) is 0 Å². The second-order valence-electron chi connectivity index (χ2n) is 8.75. The van der Waals surface area contributed by atoms with Crippen LogP contribution in [0.25, 0.3) is 0 Å². The molecule has 30 heavy (non-hydrogen) atoms. The van der Waals surface area contributed by atoms with E-state index >= 15 is 0 Å². The Bertz CT molecular complexity index is 398. The predicted molar refractivity (Wildman–Crippen MR) is 129 cm³/mol. The summed E-state index contributed by atoms with van der Waals surface area (Å²) < 4.78 is 0. The molecule has 0 saturated carbocycles. The Morgan fingerprint density at radius 3 is 1.90 bits per heavy atom. The summed E-state index contributed by atoms with van der Waals surface area (Å²) in [6.45, 7) is 4.24. The van der Waals surface area contributed by atoms with Crippen molar-refractivity contribution in [3.8, 4) is 0 Å². The molecule has 0 aliphatic rings. The fraction of sp³-hybridized carbons (Fsp3) is 0.885. The lowest BCUT2D eigenvalue weighted by Crippen LogP contribution is -2.45. The number of nitrogens with one attached hydrogen (secondary N) is 1. The van der Waals surface area contributed by atoms with E-state index in [1.165, 1.54) is 77.0 Å². The topological polar surface area (TPSA) is 69.6 Å². The van der Waals surface area contributed by atoms with E-state index in [1.807, 2.05) is 0 Å². The molecule has 2 unspecified atom stereocenters. The minimum atomic E-state index is -0.653. The first-order chi connectivity index (χ1) is 14.7. The summed E-state index contributed by atoms with van der Waals surface area (Å²) in [4.78, 5) is 12.1. The number of hydrogen-bond acceptors (Lipinski definition) is 3. The van der Waals surface area contributed by atoms with E-state index in [1.54, 1.807) is 0 Å². The average molecular weight is 426 g/mol. The highest BCUT2D eigenvalue weighted by Gasteiger charge is 2.19. The van der Waals surface area contributed by atoms with Gasteiger partial charge in [0.05, 0.1) is 18.8 Å². The quantitative estimate of drug-likeness (QED) is 0.138. The molecule has 0 saturated heterocycles. The van der Waals surface area contributed by atoms with Gasteiger partial charge in [0.1, 0.15) is 0 Å². The van der Waals surface area contributed by atoms with Crippen LogP contribution in [0, 0.1) is 0 Å². The van der Waals surface area contributed by atoms with Crippen molar-refractivity contribution in [1.82, 2.24) is 5.32 Å². The molecule has 4 nitrogen and oxygen atoms in total. The van der Waals surface area contributed by atoms with Gasteiger partial charge < -0.3 is 15.5 Å². The summed E-state index contributed by atoms with van der Waals surface area (Å²) >= 11 is 0. The fourth-order valence-corrected chi connectivity index (χ4v) is 3.70. The molecule has 2 atom stereocenters. The van der Waals surface area contributed by atoms with Crippen LogP contribution in [0.4, 0.5) is 0 Å². The van der Waals surface area contributed by atoms with Crippen LogP contribution in [-0.2, 0) is 4.79 Å². The molecule has 0 rings (SSSR count). The molecule has 4 heteroatoms. The molecular weight excluding hydrogens is 374 g/mol. The second-order valence-corrected chi connectivity index (χ2v) is 8.75. The van der Waals surface area contributed by atoms with Crippen molar-refractivity contribution in [2.75, 3.05) is 6.61 Å². The lowest BCUT2D eigenvalue weighted by atomic mass is 10.0. The molecule has 0 aromatic heterocycles. The van der Waals surface area contributed by atoms with E-state index < -0.39 is 12.1 Å². The van der Waals surface area contributed by atoms with E-state index in [-0.39, 0.29) is 12.5 Å². The highest BCUT2D eigenvalue weighted by Crippen LogP contribution is 2.12. The highest BCUT2D eigenvalue weighted by molar-refractivity contribution is 5.76. The number of carbonyl (C=O) groups is 1. The van der Waals surface area contributed by atoms with Gasteiger partial charge in [0.25, 0.3) is 0 Å². The molecule has 0 bridgehead atoms. The Hall–Kier alpha value is -0.870.